The number of benzene rings is 2. The Morgan fingerprint density at radius 2 is 1.82 bits per heavy atom. The molecule has 2 aromatic rings. The van der Waals surface area contributed by atoms with E-state index in [2.05, 4.69) is 5.32 Å². The molecular weight excluding hydrogens is 364 g/mol. The van der Waals surface area contributed by atoms with Gasteiger partial charge in [0.2, 0.25) is 0 Å². The summed E-state index contributed by atoms with van der Waals surface area (Å²) in [5.74, 6) is -0.374. The van der Waals surface area contributed by atoms with E-state index in [9.17, 15) is 19.7 Å². The van der Waals surface area contributed by atoms with Gasteiger partial charge in [-0.2, -0.15) is 0 Å². The summed E-state index contributed by atoms with van der Waals surface area (Å²) in [5, 5.41) is 13.3. The lowest BCUT2D eigenvalue weighted by molar-refractivity contribution is -0.384. The lowest BCUT2D eigenvalue weighted by Gasteiger charge is -2.10. The number of carbonyl (C=O) groups excluding carboxylic acids is 2. The fourth-order valence-corrected chi connectivity index (χ4v) is 2.41. The Morgan fingerprint density at radius 3 is 2.50 bits per heavy atom. The molecule has 0 unspecified atom stereocenters. The van der Waals surface area contributed by atoms with Gasteiger partial charge in [-0.25, -0.2) is 0 Å². The predicted octanol–water partition coefficient (Wildman–Crippen LogP) is 3.47. The molecule has 0 saturated carbocycles. The number of amides is 1. The molecular formula is C20H22N2O6. The highest BCUT2D eigenvalue weighted by Gasteiger charge is 2.12. The number of rotatable bonds is 8. The maximum atomic E-state index is 11.9. The third-order valence-electron chi connectivity index (χ3n) is 3.97. The molecule has 8 heteroatoms. The van der Waals surface area contributed by atoms with Crippen molar-refractivity contribution in [3.8, 4) is 5.75 Å². The topological polar surface area (TPSA) is 108 Å². The second-order valence-electron chi connectivity index (χ2n) is 6.33. The van der Waals surface area contributed by atoms with Crippen LogP contribution in [0.15, 0.2) is 36.4 Å². The monoisotopic (exact) mass is 386 g/mol. The number of hydrogen-bond donors (Lipinski definition) is 1. The smallest absolute Gasteiger partial charge is 0.309 e. The summed E-state index contributed by atoms with van der Waals surface area (Å²) in [4.78, 5) is 33.9. The first-order chi connectivity index (χ1) is 13.3. The zero-order chi connectivity index (χ0) is 20.7. The Kier molecular flexibility index (Phi) is 7.08. The molecule has 1 amide bonds. The fourth-order valence-electron chi connectivity index (χ4n) is 2.41. The van der Waals surface area contributed by atoms with Crippen LogP contribution in [0.4, 0.5) is 11.4 Å². The van der Waals surface area contributed by atoms with Crippen LogP contribution in [0.25, 0.3) is 0 Å². The summed E-state index contributed by atoms with van der Waals surface area (Å²) < 4.78 is 10.5. The quantitative estimate of drug-likeness (QED) is 0.423. The van der Waals surface area contributed by atoms with Gasteiger partial charge in [0, 0.05) is 17.8 Å². The molecule has 0 saturated heterocycles. The van der Waals surface area contributed by atoms with Crippen molar-refractivity contribution in [1.29, 1.82) is 0 Å². The van der Waals surface area contributed by atoms with Crippen LogP contribution >= 0.6 is 0 Å². The predicted molar refractivity (Wildman–Crippen MR) is 103 cm³/mol. The Balaban J connectivity index is 1.75. The molecule has 0 spiro atoms. The van der Waals surface area contributed by atoms with E-state index in [1.165, 1.54) is 18.2 Å². The van der Waals surface area contributed by atoms with Crippen molar-refractivity contribution in [3.63, 3.8) is 0 Å². The Bertz CT molecular complexity index is 894. The molecule has 0 fully saturated rings. The lowest BCUT2D eigenvalue weighted by atomic mass is 10.1. The van der Waals surface area contributed by atoms with E-state index in [4.69, 9.17) is 9.47 Å². The summed E-state index contributed by atoms with van der Waals surface area (Å²) in [7, 11) is 0. The third-order valence-corrected chi connectivity index (χ3v) is 3.97. The van der Waals surface area contributed by atoms with Crippen LogP contribution in [0, 0.1) is 30.9 Å². The van der Waals surface area contributed by atoms with E-state index in [1.807, 2.05) is 32.0 Å². The average molecular weight is 386 g/mol. The van der Waals surface area contributed by atoms with Gasteiger partial charge in [-0.05, 0) is 49.6 Å². The summed E-state index contributed by atoms with van der Waals surface area (Å²) in [6.45, 7) is 5.20. The van der Waals surface area contributed by atoms with Crippen molar-refractivity contribution in [2.45, 2.75) is 27.2 Å². The Hall–Kier alpha value is -3.42. The van der Waals surface area contributed by atoms with Gasteiger partial charge < -0.3 is 14.8 Å². The van der Waals surface area contributed by atoms with E-state index < -0.39 is 23.4 Å². The van der Waals surface area contributed by atoms with E-state index in [0.717, 1.165) is 11.1 Å². The first kappa shape index (κ1) is 20.9. The van der Waals surface area contributed by atoms with Crippen LogP contribution in [-0.2, 0) is 14.3 Å². The van der Waals surface area contributed by atoms with Gasteiger partial charge in [-0.1, -0.05) is 12.1 Å². The number of nitrogens with zero attached hydrogens (tertiary/aromatic N) is 1. The maximum absolute atomic E-state index is 11.9. The molecule has 0 aliphatic rings. The molecule has 0 aliphatic carbocycles. The number of anilines is 1. The Morgan fingerprint density at radius 1 is 1.07 bits per heavy atom. The summed E-state index contributed by atoms with van der Waals surface area (Å²) >= 11 is 0. The standard InChI is InChI=1S/C20H22N2O6/c1-13-4-5-14(2)18(10-13)27-9-8-20(24)28-12-19(23)21-17-7-6-16(22(25)26)11-15(17)3/h4-7,10-11H,8-9,12H2,1-3H3,(H,21,23). The van der Waals surface area contributed by atoms with Crippen molar-refractivity contribution in [1.82, 2.24) is 0 Å². The van der Waals surface area contributed by atoms with Gasteiger partial charge >= 0.3 is 5.97 Å². The summed E-state index contributed by atoms with van der Waals surface area (Å²) in [6, 6.07) is 9.88. The molecule has 0 atom stereocenters. The van der Waals surface area contributed by atoms with Gasteiger partial charge in [0.05, 0.1) is 18.0 Å². The number of nitro groups is 1. The van der Waals surface area contributed by atoms with Crippen LogP contribution < -0.4 is 10.1 Å². The summed E-state index contributed by atoms with van der Waals surface area (Å²) in [5.41, 5.74) is 2.92. The van der Waals surface area contributed by atoms with E-state index in [0.29, 0.717) is 17.0 Å². The minimum atomic E-state index is -0.555. The molecule has 0 bridgehead atoms. The number of ether oxygens (including phenoxy) is 2. The van der Waals surface area contributed by atoms with Crippen molar-refractivity contribution in [3.05, 3.63) is 63.2 Å². The highest BCUT2D eigenvalue weighted by atomic mass is 16.6. The minimum Gasteiger partial charge on any atom is -0.493 e. The SMILES string of the molecule is Cc1ccc(C)c(OCCC(=O)OCC(=O)Nc2ccc([N+](=O)[O-])cc2C)c1. The van der Waals surface area contributed by atoms with Gasteiger partial charge in [-0.15, -0.1) is 0 Å². The highest BCUT2D eigenvalue weighted by molar-refractivity contribution is 5.93. The normalized spacial score (nSPS) is 10.2. The van der Waals surface area contributed by atoms with Crippen LogP contribution in [0.3, 0.4) is 0 Å². The number of hydrogen-bond acceptors (Lipinski definition) is 6. The molecule has 2 aromatic carbocycles. The van der Waals surface area contributed by atoms with Crippen LogP contribution in [0.2, 0.25) is 0 Å². The molecule has 1 N–H and O–H groups in total. The number of nitro benzene ring substituents is 1. The van der Waals surface area contributed by atoms with Gasteiger partial charge in [0.1, 0.15) is 5.75 Å². The number of nitrogens with one attached hydrogen (secondary N) is 1. The molecule has 0 aromatic heterocycles. The molecule has 0 radical (unpaired) electrons. The van der Waals surface area contributed by atoms with Crippen molar-refractivity contribution < 1.29 is 24.0 Å². The van der Waals surface area contributed by atoms with Gasteiger partial charge in [0.15, 0.2) is 6.61 Å². The molecule has 28 heavy (non-hydrogen) atoms. The van der Waals surface area contributed by atoms with Crippen LogP contribution in [0.5, 0.6) is 5.75 Å². The van der Waals surface area contributed by atoms with Gasteiger partial charge in [-0.3, -0.25) is 19.7 Å². The second-order valence-corrected chi connectivity index (χ2v) is 6.33. The summed E-state index contributed by atoms with van der Waals surface area (Å²) in [6.07, 6.45) is 0.0111. The molecule has 2 rings (SSSR count). The first-order valence-electron chi connectivity index (χ1n) is 8.67. The molecule has 0 heterocycles. The molecule has 0 aliphatic heterocycles. The van der Waals surface area contributed by atoms with Crippen molar-refractivity contribution in [2.24, 2.45) is 0 Å². The molecule has 148 valence electrons. The highest BCUT2D eigenvalue weighted by Crippen LogP contribution is 2.21. The van der Waals surface area contributed by atoms with Crippen LogP contribution in [-0.4, -0.2) is 30.0 Å². The number of esters is 1. The third kappa shape index (κ3) is 6.08. The lowest BCUT2D eigenvalue weighted by Crippen LogP contribution is -2.22. The van der Waals surface area contributed by atoms with Crippen molar-refractivity contribution in [2.75, 3.05) is 18.5 Å². The Labute approximate surface area is 162 Å². The number of non-ortho nitro benzene ring substituents is 1. The minimum absolute atomic E-state index is 0.0111. The molecule has 8 nitrogen and oxygen atoms in total. The fraction of sp³-hybridized carbons (Fsp3) is 0.300. The zero-order valence-electron chi connectivity index (χ0n) is 16.0. The number of aryl methyl sites for hydroxylation is 3. The average Bonchev–Trinajstić information content (AvgIpc) is 2.64. The zero-order valence-corrected chi connectivity index (χ0v) is 16.0. The largest absolute Gasteiger partial charge is 0.493 e. The van der Waals surface area contributed by atoms with E-state index in [1.54, 1.807) is 6.92 Å². The van der Waals surface area contributed by atoms with Crippen LogP contribution in [0.1, 0.15) is 23.1 Å². The van der Waals surface area contributed by atoms with E-state index in [-0.39, 0.29) is 18.7 Å². The maximum Gasteiger partial charge on any atom is 0.309 e. The first-order valence-corrected chi connectivity index (χ1v) is 8.67. The second kappa shape index (κ2) is 9.50. The van der Waals surface area contributed by atoms with Crippen molar-refractivity contribution >= 4 is 23.3 Å². The van der Waals surface area contributed by atoms with E-state index >= 15 is 0 Å². The van der Waals surface area contributed by atoms with Gasteiger partial charge in [0.25, 0.3) is 11.6 Å². The number of carbonyl (C=O) groups is 2.